The van der Waals surface area contributed by atoms with E-state index in [2.05, 4.69) is 20.3 Å². The molecule has 1 aromatic carbocycles. The van der Waals surface area contributed by atoms with E-state index in [0.717, 1.165) is 22.4 Å². The molecule has 0 spiro atoms. The number of carbonyl (C=O) groups excluding carboxylic acids is 1. The largest absolute Gasteiger partial charge is 0.347 e. The maximum absolute atomic E-state index is 12.5. The second kappa shape index (κ2) is 5.36. The van der Waals surface area contributed by atoms with Crippen molar-refractivity contribution in [1.82, 2.24) is 20.3 Å². The Labute approximate surface area is 122 Å². The van der Waals surface area contributed by atoms with Crippen LogP contribution in [0.3, 0.4) is 0 Å². The average Bonchev–Trinajstić information content (AvgIpc) is 3.00. The number of imidazole rings is 1. The molecule has 0 bridgehead atoms. The van der Waals surface area contributed by atoms with Crippen LogP contribution in [0.4, 0.5) is 0 Å². The van der Waals surface area contributed by atoms with Gasteiger partial charge in [0.1, 0.15) is 5.82 Å². The molecule has 0 saturated heterocycles. The number of aromatic amines is 1. The van der Waals surface area contributed by atoms with Gasteiger partial charge in [0.15, 0.2) is 0 Å². The van der Waals surface area contributed by atoms with Crippen LogP contribution in [0.15, 0.2) is 42.7 Å². The van der Waals surface area contributed by atoms with E-state index in [1.54, 1.807) is 12.4 Å². The van der Waals surface area contributed by atoms with Crippen LogP contribution in [0.2, 0.25) is 0 Å². The Morgan fingerprint density at radius 3 is 2.90 bits per heavy atom. The van der Waals surface area contributed by atoms with Crippen molar-refractivity contribution < 1.29 is 4.79 Å². The van der Waals surface area contributed by atoms with E-state index in [1.807, 2.05) is 44.2 Å². The summed E-state index contributed by atoms with van der Waals surface area (Å²) in [5.74, 6) is 0.610. The van der Waals surface area contributed by atoms with Crippen molar-refractivity contribution in [2.45, 2.75) is 19.9 Å². The smallest absolute Gasteiger partial charge is 0.252 e. The Morgan fingerprint density at radius 1 is 1.33 bits per heavy atom. The van der Waals surface area contributed by atoms with Crippen molar-refractivity contribution in [3.05, 3.63) is 59.8 Å². The highest BCUT2D eigenvalue weighted by Crippen LogP contribution is 2.19. The van der Waals surface area contributed by atoms with E-state index >= 15 is 0 Å². The summed E-state index contributed by atoms with van der Waals surface area (Å²) in [6, 6.07) is 9.28. The SMILES string of the molecule is Cc1cc(C(=O)NC(C)c2ncc[nH]2)c2ccccc2n1. The van der Waals surface area contributed by atoms with Gasteiger partial charge in [-0.05, 0) is 26.0 Å². The number of benzene rings is 1. The molecule has 106 valence electrons. The van der Waals surface area contributed by atoms with Crippen LogP contribution in [-0.4, -0.2) is 20.9 Å². The summed E-state index contributed by atoms with van der Waals surface area (Å²) in [5.41, 5.74) is 2.29. The van der Waals surface area contributed by atoms with Gasteiger partial charge in [-0.25, -0.2) is 4.98 Å². The van der Waals surface area contributed by atoms with E-state index < -0.39 is 0 Å². The number of fused-ring (bicyclic) bond motifs is 1. The predicted molar refractivity (Wildman–Crippen MR) is 80.9 cm³/mol. The van der Waals surface area contributed by atoms with Crippen LogP contribution in [0.1, 0.15) is 34.8 Å². The number of amides is 1. The van der Waals surface area contributed by atoms with Gasteiger partial charge in [-0.3, -0.25) is 9.78 Å². The van der Waals surface area contributed by atoms with Crippen LogP contribution in [0, 0.1) is 6.92 Å². The number of hydrogen-bond donors (Lipinski definition) is 2. The molecule has 5 nitrogen and oxygen atoms in total. The van der Waals surface area contributed by atoms with Crippen LogP contribution < -0.4 is 5.32 Å². The van der Waals surface area contributed by atoms with Crippen LogP contribution in [0.25, 0.3) is 10.9 Å². The van der Waals surface area contributed by atoms with Crippen LogP contribution in [0.5, 0.6) is 0 Å². The standard InChI is InChI=1S/C16H16N4O/c1-10-9-13(12-5-3-4-6-14(12)19-10)16(21)20-11(2)15-17-7-8-18-15/h3-9,11H,1-2H3,(H,17,18)(H,20,21). The normalized spacial score (nSPS) is 12.3. The van der Waals surface area contributed by atoms with Crippen LogP contribution >= 0.6 is 0 Å². The molecule has 2 N–H and O–H groups in total. The number of rotatable bonds is 3. The lowest BCUT2D eigenvalue weighted by atomic mass is 10.1. The molecule has 1 amide bonds. The zero-order valence-corrected chi connectivity index (χ0v) is 11.9. The van der Waals surface area contributed by atoms with Gasteiger partial charge in [0.2, 0.25) is 0 Å². The minimum absolute atomic E-state index is 0.124. The first-order valence-corrected chi connectivity index (χ1v) is 6.81. The molecule has 1 unspecified atom stereocenters. The Bertz CT molecular complexity index is 780. The third-order valence-electron chi connectivity index (χ3n) is 3.37. The third-order valence-corrected chi connectivity index (χ3v) is 3.37. The van der Waals surface area contributed by atoms with Crippen molar-refractivity contribution in [3.63, 3.8) is 0 Å². The Kier molecular flexibility index (Phi) is 3.39. The van der Waals surface area contributed by atoms with Gasteiger partial charge in [0.25, 0.3) is 5.91 Å². The molecule has 2 aromatic heterocycles. The monoisotopic (exact) mass is 280 g/mol. The van der Waals surface area contributed by atoms with Gasteiger partial charge >= 0.3 is 0 Å². The van der Waals surface area contributed by atoms with Crippen molar-refractivity contribution in [2.75, 3.05) is 0 Å². The first kappa shape index (κ1) is 13.3. The summed E-state index contributed by atoms with van der Waals surface area (Å²) >= 11 is 0. The van der Waals surface area contributed by atoms with E-state index in [1.165, 1.54) is 0 Å². The molecule has 0 aliphatic heterocycles. The highest BCUT2D eigenvalue weighted by molar-refractivity contribution is 6.06. The topological polar surface area (TPSA) is 70.7 Å². The lowest BCUT2D eigenvalue weighted by Crippen LogP contribution is -2.27. The van der Waals surface area contributed by atoms with Gasteiger partial charge in [0, 0.05) is 23.5 Å². The van der Waals surface area contributed by atoms with E-state index in [-0.39, 0.29) is 11.9 Å². The molecule has 5 heteroatoms. The molecular formula is C16H16N4O. The lowest BCUT2D eigenvalue weighted by molar-refractivity contribution is 0.0940. The van der Waals surface area contributed by atoms with E-state index in [9.17, 15) is 4.79 Å². The Hall–Kier alpha value is -2.69. The summed E-state index contributed by atoms with van der Waals surface area (Å²) in [6.07, 6.45) is 3.41. The number of aromatic nitrogens is 3. The molecule has 2 heterocycles. The molecule has 0 aliphatic rings. The van der Waals surface area contributed by atoms with Gasteiger partial charge in [-0.15, -0.1) is 0 Å². The molecular weight excluding hydrogens is 264 g/mol. The number of aryl methyl sites for hydroxylation is 1. The number of nitrogens with zero attached hydrogens (tertiary/aromatic N) is 2. The molecule has 0 fully saturated rings. The van der Waals surface area contributed by atoms with Gasteiger partial charge in [-0.1, -0.05) is 18.2 Å². The second-order valence-electron chi connectivity index (χ2n) is 5.00. The van der Waals surface area contributed by atoms with Gasteiger partial charge in [0.05, 0.1) is 17.1 Å². The molecule has 21 heavy (non-hydrogen) atoms. The van der Waals surface area contributed by atoms with Crippen molar-refractivity contribution in [3.8, 4) is 0 Å². The lowest BCUT2D eigenvalue weighted by Gasteiger charge is -2.13. The van der Waals surface area contributed by atoms with Crippen molar-refractivity contribution in [2.24, 2.45) is 0 Å². The molecule has 0 saturated carbocycles. The molecule has 0 radical (unpaired) electrons. The Balaban J connectivity index is 1.94. The zero-order valence-electron chi connectivity index (χ0n) is 11.9. The number of carbonyl (C=O) groups is 1. The Morgan fingerprint density at radius 2 is 2.14 bits per heavy atom. The summed E-state index contributed by atoms with van der Waals surface area (Å²) in [4.78, 5) is 24.1. The summed E-state index contributed by atoms with van der Waals surface area (Å²) in [7, 11) is 0. The fourth-order valence-corrected chi connectivity index (χ4v) is 2.35. The molecule has 3 rings (SSSR count). The van der Waals surface area contributed by atoms with E-state index in [4.69, 9.17) is 0 Å². The number of H-pyrrole nitrogens is 1. The minimum Gasteiger partial charge on any atom is -0.347 e. The highest BCUT2D eigenvalue weighted by atomic mass is 16.1. The fourth-order valence-electron chi connectivity index (χ4n) is 2.35. The quantitative estimate of drug-likeness (QED) is 0.775. The van der Waals surface area contributed by atoms with Crippen molar-refractivity contribution in [1.29, 1.82) is 0 Å². The third kappa shape index (κ3) is 2.63. The molecule has 3 aromatic rings. The molecule has 1 atom stereocenters. The maximum Gasteiger partial charge on any atom is 0.252 e. The number of hydrogen-bond acceptors (Lipinski definition) is 3. The summed E-state index contributed by atoms with van der Waals surface area (Å²) < 4.78 is 0. The van der Waals surface area contributed by atoms with Gasteiger partial charge < -0.3 is 10.3 Å². The number of nitrogens with one attached hydrogen (secondary N) is 2. The zero-order chi connectivity index (χ0) is 14.8. The summed E-state index contributed by atoms with van der Waals surface area (Å²) in [5, 5.41) is 3.81. The fraction of sp³-hybridized carbons (Fsp3) is 0.188. The van der Waals surface area contributed by atoms with Gasteiger partial charge in [-0.2, -0.15) is 0 Å². The second-order valence-corrected chi connectivity index (χ2v) is 5.00. The average molecular weight is 280 g/mol. The minimum atomic E-state index is -0.181. The van der Waals surface area contributed by atoms with E-state index in [0.29, 0.717) is 5.56 Å². The van der Waals surface area contributed by atoms with Crippen LogP contribution in [-0.2, 0) is 0 Å². The number of para-hydroxylation sites is 1. The molecule has 0 aliphatic carbocycles. The summed E-state index contributed by atoms with van der Waals surface area (Å²) in [6.45, 7) is 3.78. The highest BCUT2D eigenvalue weighted by Gasteiger charge is 2.16. The maximum atomic E-state index is 12.5. The first-order valence-electron chi connectivity index (χ1n) is 6.81. The predicted octanol–water partition coefficient (Wildman–Crippen LogP) is 2.76. The van der Waals surface area contributed by atoms with Crippen molar-refractivity contribution >= 4 is 16.8 Å². The number of pyridine rings is 1. The first-order chi connectivity index (χ1) is 10.1.